The highest BCUT2D eigenvalue weighted by atomic mass is 16.5. The van der Waals surface area contributed by atoms with Gasteiger partial charge in [-0.1, -0.05) is 13.3 Å². The average Bonchev–Trinajstić information content (AvgIpc) is 2.79. The largest absolute Gasteiger partial charge is 0.465 e. The van der Waals surface area contributed by atoms with E-state index in [4.69, 9.17) is 4.74 Å². The molecule has 0 saturated heterocycles. The van der Waals surface area contributed by atoms with Gasteiger partial charge in [0.1, 0.15) is 5.69 Å². The van der Waals surface area contributed by atoms with E-state index in [1.54, 1.807) is 6.92 Å². The Kier molecular flexibility index (Phi) is 7.11. The molecule has 2 N–H and O–H groups in total. The minimum absolute atomic E-state index is 0.166. The topological polar surface area (TPSA) is 74.4 Å². The van der Waals surface area contributed by atoms with Gasteiger partial charge in [-0.05, 0) is 46.0 Å². The van der Waals surface area contributed by atoms with Crippen molar-refractivity contribution >= 4 is 11.9 Å². The van der Waals surface area contributed by atoms with Crippen LogP contribution in [0.3, 0.4) is 0 Å². The third-order valence-electron chi connectivity index (χ3n) is 3.48. The van der Waals surface area contributed by atoms with Gasteiger partial charge in [-0.3, -0.25) is 4.79 Å². The summed E-state index contributed by atoms with van der Waals surface area (Å²) >= 11 is 0. The summed E-state index contributed by atoms with van der Waals surface area (Å²) in [5.74, 6) is -0.565. The number of hydrogen-bond donors (Lipinski definition) is 2. The van der Waals surface area contributed by atoms with Crippen molar-refractivity contribution in [2.24, 2.45) is 0 Å². The maximum Gasteiger partial charge on any atom is 0.339 e. The van der Waals surface area contributed by atoms with Gasteiger partial charge in [0, 0.05) is 12.2 Å². The van der Waals surface area contributed by atoms with E-state index >= 15 is 0 Å². The fraction of sp³-hybridized carbons (Fsp3) is 0.625. The Bertz CT molecular complexity index is 521. The number of aryl methyl sites for hydroxylation is 1. The van der Waals surface area contributed by atoms with Crippen molar-refractivity contribution in [2.45, 2.75) is 33.1 Å². The van der Waals surface area contributed by atoms with Crippen LogP contribution in [-0.2, 0) is 11.2 Å². The van der Waals surface area contributed by atoms with Crippen LogP contribution >= 0.6 is 0 Å². The van der Waals surface area contributed by atoms with Gasteiger partial charge < -0.3 is 19.9 Å². The molecule has 0 unspecified atom stereocenters. The van der Waals surface area contributed by atoms with Gasteiger partial charge >= 0.3 is 5.97 Å². The molecule has 1 rings (SSSR count). The molecule has 1 amide bonds. The van der Waals surface area contributed by atoms with Crippen LogP contribution in [0.5, 0.6) is 0 Å². The number of esters is 1. The monoisotopic (exact) mass is 309 g/mol. The first-order chi connectivity index (χ1) is 10.4. The zero-order valence-electron chi connectivity index (χ0n) is 14.2. The van der Waals surface area contributed by atoms with E-state index in [-0.39, 0.29) is 5.91 Å². The normalized spacial score (nSPS) is 10.8. The Morgan fingerprint density at radius 1 is 1.32 bits per heavy atom. The number of aromatic amines is 1. The van der Waals surface area contributed by atoms with E-state index in [2.05, 4.69) is 15.2 Å². The van der Waals surface area contributed by atoms with Gasteiger partial charge in [0.05, 0.1) is 12.7 Å². The Morgan fingerprint density at radius 3 is 2.55 bits per heavy atom. The number of aromatic nitrogens is 1. The van der Waals surface area contributed by atoms with Crippen LogP contribution < -0.4 is 5.32 Å². The Balaban J connectivity index is 2.89. The standard InChI is InChI=1S/C16H27N3O3/c1-6-8-12-13(16(21)22-5)11(2)18-14(12)15(20)17-9-7-10-19(3)4/h18H,6-10H2,1-5H3,(H,17,20). The van der Waals surface area contributed by atoms with Crippen molar-refractivity contribution in [3.63, 3.8) is 0 Å². The fourth-order valence-electron chi connectivity index (χ4n) is 2.43. The zero-order chi connectivity index (χ0) is 16.7. The lowest BCUT2D eigenvalue weighted by Gasteiger charge is -2.10. The van der Waals surface area contributed by atoms with Crippen LogP contribution in [0.15, 0.2) is 0 Å². The molecule has 1 aromatic heterocycles. The van der Waals surface area contributed by atoms with Gasteiger partial charge in [0.2, 0.25) is 0 Å². The molecule has 0 aliphatic carbocycles. The van der Waals surface area contributed by atoms with E-state index in [0.717, 1.165) is 24.9 Å². The molecule has 0 atom stereocenters. The average molecular weight is 309 g/mol. The van der Waals surface area contributed by atoms with Crippen LogP contribution in [0.25, 0.3) is 0 Å². The predicted octanol–water partition coefficient (Wildman–Crippen LogP) is 1.74. The Labute approximate surface area is 132 Å². The van der Waals surface area contributed by atoms with E-state index in [1.165, 1.54) is 7.11 Å². The predicted molar refractivity (Wildman–Crippen MR) is 86.4 cm³/mol. The molecular formula is C16H27N3O3. The number of rotatable bonds is 8. The number of methoxy groups -OCH3 is 1. The number of amides is 1. The molecular weight excluding hydrogens is 282 g/mol. The summed E-state index contributed by atoms with van der Waals surface area (Å²) in [5.41, 5.74) is 2.39. The number of hydrogen-bond acceptors (Lipinski definition) is 4. The zero-order valence-corrected chi connectivity index (χ0v) is 14.2. The number of nitrogens with zero attached hydrogens (tertiary/aromatic N) is 1. The highest BCUT2D eigenvalue weighted by Gasteiger charge is 2.24. The molecule has 0 saturated carbocycles. The molecule has 0 aliphatic heterocycles. The summed E-state index contributed by atoms with van der Waals surface area (Å²) in [7, 11) is 5.35. The van der Waals surface area contributed by atoms with Gasteiger partial charge in [0.25, 0.3) is 5.91 Å². The summed E-state index contributed by atoms with van der Waals surface area (Å²) in [4.78, 5) is 29.4. The van der Waals surface area contributed by atoms with E-state index in [1.807, 2.05) is 21.0 Å². The van der Waals surface area contributed by atoms with Crippen LogP contribution in [0, 0.1) is 6.92 Å². The molecule has 0 bridgehead atoms. The Hall–Kier alpha value is -1.82. The van der Waals surface area contributed by atoms with Gasteiger partial charge in [0.15, 0.2) is 0 Å². The number of ether oxygens (including phenoxy) is 1. The van der Waals surface area contributed by atoms with Gasteiger partial charge in [-0.2, -0.15) is 0 Å². The fourth-order valence-corrected chi connectivity index (χ4v) is 2.43. The molecule has 6 nitrogen and oxygen atoms in total. The molecule has 0 spiro atoms. The van der Waals surface area contributed by atoms with Crippen LogP contribution in [0.2, 0.25) is 0 Å². The third kappa shape index (κ3) is 4.59. The van der Waals surface area contributed by atoms with E-state index in [0.29, 0.717) is 29.9 Å². The summed E-state index contributed by atoms with van der Waals surface area (Å²) in [6.45, 7) is 5.32. The molecule has 6 heteroatoms. The lowest BCUT2D eigenvalue weighted by Crippen LogP contribution is -2.28. The van der Waals surface area contributed by atoms with E-state index in [9.17, 15) is 9.59 Å². The van der Waals surface area contributed by atoms with Crippen LogP contribution in [0.1, 0.15) is 51.9 Å². The van der Waals surface area contributed by atoms with Crippen molar-refractivity contribution in [1.29, 1.82) is 0 Å². The quantitative estimate of drug-likeness (QED) is 0.567. The summed E-state index contributed by atoms with van der Waals surface area (Å²) in [6.07, 6.45) is 2.39. The summed E-state index contributed by atoms with van der Waals surface area (Å²) < 4.78 is 4.83. The first kappa shape index (κ1) is 18.2. The summed E-state index contributed by atoms with van der Waals surface area (Å²) in [6, 6.07) is 0. The number of nitrogens with one attached hydrogen (secondary N) is 2. The second kappa shape index (κ2) is 8.58. The molecule has 1 aromatic rings. The number of H-pyrrole nitrogens is 1. The second-order valence-corrected chi connectivity index (χ2v) is 5.63. The van der Waals surface area contributed by atoms with E-state index < -0.39 is 5.97 Å². The molecule has 1 heterocycles. The minimum atomic E-state index is -0.399. The van der Waals surface area contributed by atoms with Crippen molar-refractivity contribution in [2.75, 3.05) is 34.3 Å². The number of carbonyl (C=O) groups excluding carboxylic acids is 2. The second-order valence-electron chi connectivity index (χ2n) is 5.63. The molecule has 0 aliphatic rings. The van der Waals surface area contributed by atoms with Crippen molar-refractivity contribution in [3.8, 4) is 0 Å². The lowest BCUT2D eigenvalue weighted by atomic mass is 10.0. The molecule has 0 radical (unpaired) electrons. The SMILES string of the molecule is CCCc1c(C(=O)NCCCN(C)C)[nH]c(C)c1C(=O)OC. The van der Waals surface area contributed by atoms with Gasteiger partial charge in [-0.25, -0.2) is 4.79 Å². The molecule has 22 heavy (non-hydrogen) atoms. The highest BCUT2D eigenvalue weighted by Crippen LogP contribution is 2.21. The van der Waals surface area contributed by atoms with Crippen LogP contribution in [-0.4, -0.2) is 56.1 Å². The van der Waals surface area contributed by atoms with Crippen molar-refractivity contribution < 1.29 is 14.3 Å². The van der Waals surface area contributed by atoms with Crippen molar-refractivity contribution in [1.82, 2.24) is 15.2 Å². The summed E-state index contributed by atoms with van der Waals surface area (Å²) in [5, 5.41) is 2.90. The number of carbonyl (C=O) groups is 2. The highest BCUT2D eigenvalue weighted by molar-refractivity contribution is 6.00. The maximum absolute atomic E-state index is 12.4. The lowest BCUT2D eigenvalue weighted by molar-refractivity contribution is 0.0599. The van der Waals surface area contributed by atoms with Crippen molar-refractivity contribution in [3.05, 3.63) is 22.5 Å². The smallest absolute Gasteiger partial charge is 0.339 e. The molecule has 0 aromatic carbocycles. The van der Waals surface area contributed by atoms with Gasteiger partial charge in [-0.15, -0.1) is 0 Å². The van der Waals surface area contributed by atoms with Crippen LogP contribution in [0.4, 0.5) is 0 Å². The first-order valence-electron chi connectivity index (χ1n) is 7.65. The third-order valence-corrected chi connectivity index (χ3v) is 3.48. The molecule has 0 fully saturated rings. The minimum Gasteiger partial charge on any atom is -0.465 e. The first-order valence-corrected chi connectivity index (χ1v) is 7.65. The maximum atomic E-state index is 12.4. The Morgan fingerprint density at radius 2 is 2.00 bits per heavy atom. The molecule has 124 valence electrons.